The second-order valence-corrected chi connectivity index (χ2v) is 18.8. The van der Waals surface area contributed by atoms with E-state index in [0.29, 0.717) is 42.9 Å². The van der Waals surface area contributed by atoms with E-state index in [-0.39, 0.29) is 56.1 Å². The number of carbonyl (C=O) groups excluding carboxylic acids is 2. The molecule has 18 heteroatoms. The third-order valence-corrected chi connectivity index (χ3v) is 13.1. The number of benzene rings is 2. The first-order valence-corrected chi connectivity index (χ1v) is 23.2. The molecule has 2 heterocycles. The lowest BCUT2D eigenvalue weighted by atomic mass is 10.0. The molecule has 2 aromatic rings. The van der Waals surface area contributed by atoms with Crippen LogP contribution in [0, 0.1) is 11.8 Å². The molecule has 2 aliphatic rings. The second-order valence-electron chi connectivity index (χ2n) is 14.9. The average Bonchev–Trinajstić information content (AvgIpc) is 3.82. The summed E-state index contributed by atoms with van der Waals surface area (Å²) in [7, 11) is -6.49. The van der Waals surface area contributed by atoms with Crippen molar-refractivity contribution < 1.29 is 65.1 Å². The Kier molecular flexibility index (Phi) is 18.7. The molecule has 2 N–H and O–H groups in total. The number of nitrogens with one attached hydrogen (secondary N) is 1. The monoisotopic (exact) mass is 856 g/mol. The Hall–Kier alpha value is -3.28. The summed E-state index contributed by atoms with van der Waals surface area (Å²) in [5, 5.41) is 14.5. The van der Waals surface area contributed by atoms with E-state index in [4.69, 9.17) is 37.5 Å². The summed E-state index contributed by atoms with van der Waals surface area (Å²) in [5.41, 5.74) is 0.653. The van der Waals surface area contributed by atoms with Gasteiger partial charge in [0.15, 0.2) is 18.7 Å². The minimum Gasteiger partial charge on any atom is -0.497 e. The predicted octanol–water partition coefficient (Wildman–Crippen LogP) is 5.90. The van der Waals surface area contributed by atoms with E-state index in [9.17, 15) is 27.7 Å². The standard InChI is InChI=1S/C40H61N2O14PS/c1-7-9-20-50-38(44)29(5)56-57(46,54-21-10-8-2)27-53-32-13-11-30(12-14-32)23-35(41-40(45)55-37-26-52-39-34(37)19-22-51-39)36(43)25-42(24-28(3)4)58(47,48)33-17-15-31(49-6)16-18-33/h11-18,28-29,34-37,39,43H,7-10,19-27H2,1-6H3,(H,41,45)/t29-,34+,35+,36-,37+,39-,57?/m1/s1. The molecule has 7 atom stereocenters. The van der Waals surface area contributed by atoms with Crippen LogP contribution in [0.2, 0.25) is 0 Å². The van der Waals surface area contributed by atoms with E-state index >= 15 is 0 Å². The van der Waals surface area contributed by atoms with Gasteiger partial charge in [-0.3, -0.25) is 9.09 Å². The van der Waals surface area contributed by atoms with Crippen LogP contribution >= 0.6 is 7.60 Å². The molecule has 4 rings (SSSR count). The minimum atomic E-state index is -4.07. The summed E-state index contributed by atoms with van der Waals surface area (Å²) < 4.78 is 87.1. The van der Waals surface area contributed by atoms with E-state index in [1.54, 1.807) is 36.4 Å². The van der Waals surface area contributed by atoms with Gasteiger partial charge in [0.25, 0.3) is 0 Å². The van der Waals surface area contributed by atoms with Crippen molar-refractivity contribution in [2.45, 2.75) is 109 Å². The van der Waals surface area contributed by atoms with Gasteiger partial charge >= 0.3 is 19.7 Å². The molecule has 1 unspecified atom stereocenters. The van der Waals surface area contributed by atoms with E-state index in [1.165, 1.54) is 30.5 Å². The molecular formula is C40H61N2O14PS. The van der Waals surface area contributed by atoms with Gasteiger partial charge in [-0.2, -0.15) is 4.31 Å². The zero-order valence-corrected chi connectivity index (χ0v) is 36.1. The van der Waals surface area contributed by atoms with Crippen LogP contribution in [0.25, 0.3) is 0 Å². The van der Waals surface area contributed by atoms with Gasteiger partial charge in [-0.05, 0) is 80.5 Å². The molecule has 0 bridgehead atoms. The zero-order valence-electron chi connectivity index (χ0n) is 34.4. The van der Waals surface area contributed by atoms with Gasteiger partial charge < -0.3 is 43.4 Å². The van der Waals surface area contributed by atoms with Crippen LogP contribution < -0.4 is 14.8 Å². The Morgan fingerprint density at radius 3 is 2.29 bits per heavy atom. The van der Waals surface area contributed by atoms with E-state index < -0.39 is 66.7 Å². The fourth-order valence-corrected chi connectivity index (χ4v) is 9.46. The highest BCUT2D eigenvalue weighted by Crippen LogP contribution is 2.49. The molecule has 0 spiro atoms. The molecule has 2 aliphatic heterocycles. The number of methoxy groups -OCH3 is 1. The maximum atomic E-state index is 13.9. The van der Waals surface area contributed by atoms with Gasteiger partial charge in [0.1, 0.15) is 17.6 Å². The number of hydrogen-bond donors (Lipinski definition) is 2. The van der Waals surface area contributed by atoms with Crippen LogP contribution in [0.1, 0.15) is 72.3 Å². The smallest absolute Gasteiger partial charge is 0.407 e. The van der Waals surface area contributed by atoms with Gasteiger partial charge in [0.2, 0.25) is 10.0 Å². The number of nitrogens with zero attached hydrogens (tertiary/aromatic N) is 1. The molecule has 0 aromatic heterocycles. The number of alkyl carbamates (subject to hydrolysis) is 1. The van der Waals surface area contributed by atoms with E-state index in [2.05, 4.69) is 5.32 Å². The molecule has 326 valence electrons. The van der Waals surface area contributed by atoms with Crippen molar-refractivity contribution in [3.8, 4) is 11.5 Å². The lowest BCUT2D eigenvalue weighted by Crippen LogP contribution is -2.51. The highest BCUT2D eigenvalue weighted by Gasteiger charge is 2.44. The average molecular weight is 857 g/mol. The summed E-state index contributed by atoms with van der Waals surface area (Å²) in [6, 6.07) is 11.6. The largest absolute Gasteiger partial charge is 0.497 e. The highest BCUT2D eigenvalue weighted by molar-refractivity contribution is 7.89. The summed E-state index contributed by atoms with van der Waals surface area (Å²) in [6.07, 6.45) is -1.07. The fourth-order valence-electron chi connectivity index (χ4n) is 6.36. The second kappa shape index (κ2) is 22.9. The van der Waals surface area contributed by atoms with Gasteiger partial charge in [-0.1, -0.05) is 52.7 Å². The summed E-state index contributed by atoms with van der Waals surface area (Å²) in [6.45, 7) is 9.93. The van der Waals surface area contributed by atoms with Crippen molar-refractivity contribution in [2.24, 2.45) is 11.8 Å². The van der Waals surface area contributed by atoms with Gasteiger partial charge in [0.05, 0.1) is 56.5 Å². The van der Waals surface area contributed by atoms with Gasteiger partial charge in [0, 0.05) is 13.1 Å². The number of esters is 1. The Morgan fingerprint density at radius 1 is 0.966 bits per heavy atom. The molecule has 0 saturated carbocycles. The van der Waals surface area contributed by atoms with Crippen molar-refractivity contribution in [2.75, 3.05) is 53.0 Å². The van der Waals surface area contributed by atoms with E-state index in [1.807, 2.05) is 27.7 Å². The van der Waals surface area contributed by atoms with Crippen molar-refractivity contribution in [1.29, 1.82) is 0 Å². The maximum absolute atomic E-state index is 13.9. The minimum absolute atomic E-state index is 0.0299. The Labute approximate surface area is 342 Å². The summed E-state index contributed by atoms with van der Waals surface area (Å²) in [5.74, 6) is -0.0382. The lowest BCUT2D eigenvalue weighted by molar-refractivity contribution is -0.151. The quantitative estimate of drug-likeness (QED) is 0.0681. The van der Waals surface area contributed by atoms with Crippen LogP contribution in [0.15, 0.2) is 53.4 Å². The zero-order chi connectivity index (χ0) is 42.3. The first-order chi connectivity index (χ1) is 27.7. The normalized spacial score (nSPS) is 20.5. The van der Waals surface area contributed by atoms with Crippen LogP contribution in [-0.2, 0) is 53.8 Å². The summed E-state index contributed by atoms with van der Waals surface area (Å²) >= 11 is 0. The Morgan fingerprint density at radius 2 is 1.64 bits per heavy atom. The van der Waals surface area contributed by atoms with Crippen LogP contribution in [-0.4, -0.2) is 114 Å². The Balaban J connectivity index is 1.49. The number of hydrogen-bond acceptors (Lipinski definition) is 14. The maximum Gasteiger partial charge on any atom is 0.407 e. The number of aliphatic hydroxyl groups is 1. The van der Waals surface area contributed by atoms with Crippen molar-refractivity contribution >= 4 is 29.7 Å². The van der Waals surface area contributed by atoms with Crippen molar-refractivity contribution in [3.63, 3.8) is 0 Å². The van der Waals surface area contributed by atoms with Crippen LogP contribution in [0.5, 0.6) is 11.5 Å². The Bertz CT molecular complexity index is 1730. The molecule has 16 nitrogen and oxygen atoms in total. The molecule has 58 heavy (non-hydrogen) atoms. The van der Waals surface area contributed by atoms with Crippen LogP contribution in [0.3, 0.4) is 0 Å². The van der Waals surface area contributed by atoms with Gasteiger partial charge in [-0.25, -0.2) is 18.0 Å². The number of ether oxygens (including phenoxy) is 6. The SMILES string of the molecule is CCCCOC(=O)[C@@H](C)OP(=O)(COc1ccc(C[C@H](NC(=O)O[C@H]2CO[C@H]3OCC[C@H]32)[C@H](O)CN(CC(C)C)S(=O)(=O)c2ccc(OC)cc2)cc1)OCCCC. The molecule has 0 aliphatic carbocycles. The molecule has 1 amide bonds. The fraction of sp³-hybridized carbons (Fsp3) is 0.650. The number of unbranched alkanes of at least 4 members (excludes halogenated alkanes) is 2. The number of amides is 1. The molecular weight excluding hydrogens is 795 g/mol. The van der Waals surface area contributed by atoms with Crippen molar-refractivity contribution in [1.82, 2.24) is 9.62 Å². The molecule has 0 radical (unpaired) electrons. The number of fused-ring (bicyclic) bond motifs is 1. The third-order valence-electron chi connectivity index (χ3n) is 9.62. The lowest BCUT2D eigenvalue weighted by Gasteiger charge is -2.31. The number of carbonyl (C=O) groups is 2. The summed E-state index contributed by atoms with van der Waals surface area (Å²) in [4.78, 5) is 25.8. The van der Waals surface area contributed by atoms with Crippen LogP contribution in [0.4, 0.5) is 4.79 Å². The van der Waals surface area contributed by atoms with E-state index in [0.717, 1.165) is 12.8 Å². The third kappa shape index (κ3) is 14.2. The number of rotatable bonds is 25. The number of aliphatic hydroxyl groups excluding tert-OH is 1. The number of sulfonamides is 1. The molecule has 2 saturated heterocycles. The van der Waals surface area contributed by atoms with Crippen molar-refractivity contribution in [3.05, 3.63) is 54.1 Å². The topological polar surface area (TPSA) is 195 Å². The van der Waals surface area contributed by atoms with Gasteiger partial charge in [-0.15, -0.1) is 0 Å². The first kappa shape index (κ1) is 47.4. The first-order valence-electron chi connectivity index (χ1n) is 20.0. The molecule has 2 fully saturated rings. The predicted molar refractivity (Wildman–Crippen MR) is 214 cm³/mol. The molecule has 2 aromatic carbocycles. The highest BCUT2D eigenvalue weighted by atomic mass is 32.2.